The summed E-state index contributed by atoms with van der Waals surface area (Å²) in [7, 11) is 0. The number of halogens is 2. The van der Waals surface area contributed by atoms with E-state index in [2.05, 4.69) is 57.2 Å². The van der Waals surface area contributed by atoms with Crippen molar-refractivity contribution in [2.75, 3.05) is 6.61 Å². The Morgan fingerprint density at radius 3 is 2.36 bits per heavy atom. The molecule has 1 aromatic rings. The molecule has 0 atom stereocenters. The lowest BCUT2D eigenvalue weighted by Gasteiger charge is -2.07. The van der Waals surface area contributed by atoms with E-state index in [-0.39, 0.29) is 6.61 Å². The number of benzene rings is 1. The Morgan fingerprint density at radius 1 is 1.36 bits per heavy atom. The molecular weight excluding hydrogens is 404 g/mol. The molecule has 0 aliphatic carbocycles. The van der Waals surface area contributed by atoms with E-state index in [4.69, 9.17) is 16.4 Å². The highest BCUT2D eigenvalue weighted by atomic mass is 127. The summed E-state index contributed by atoms with van der Waals surface area (Å²) in [5.74, 6) is 3.16. The Bertz CT molecular complexity index is 406. The molecule has 1 rings (SSSR count). The maximum atomic E-state index is 8.72. The fourth-order valence-corrected chi connectivity index (χ4v) is 2.96. The Morgan fingerprint density at radius 2 is 1.93 bits per heavy atom. The molecule has 0 aliphatic heterocycles. The van der Waals surface area contributed by atoms with E-state index in [1.165, 1.54) is 0 Å². The third-order valence-electron chi connectivity index (χ3n) is 1.43. The highest BCUT2D eigenvalue weighted by Crippen LogP contribution is 2.28. The summed E-state index contributed by atoms with van der Waals surface area (Å²) in [5, 5.41) is 8.72. The van der Waals surface area contributed by atoms with Gasteiger partial charge in [-0.05, 0) is 57.3 Å². The Kier molecular flexibility index (Phi) is 4.49. The van der Waals surface area contributed by atoms with Gasteiger partial charge in [0, 0.05) is 0 Å². The average molecular weight is 409 g/mol. The van der Waals surface area contributed by atoms with Crippen LogP contribution in [-0.2, 0) is 0 Å². The fourth-order valence-electron chi connectivity index (χ4n) is 0.876. The summed E-state index contributed by atoms with van der Waals surface area (Å²) in [4.78, 5) is 0. The zero-order chi connectivity index (χ0) is 10.6. The molecule has 0 aromatic heterocycles. The number of hydrogen-bond acceptors (Lipinski definition) is 2. The van der Waals surface area contributed by atoms with E-state index in [1.807, 2.05) is 0 Å². The van der Waals surface area contributed by atoms with Crippen LogP contribution < -0.4 is 4.74 Å². The van der Waals surface area contributed by atoms with Gasteiger partial charge in [0.15, 0.2) is 0 Å². The summed E-state index contributed by atoms with van der Waals surface area (Å²) in [6.45, 7) is 0.248. The van der Waals surface area contributed by atoms with Gasteiger partial charge in [-0.1, -0.05) is 5.92 Å². The van der Waals surface area contributed by atoms with Gasteiger partial charge in [0.2, 0.25) is 0 Å². The summed E-state index contributed by atoms with van der Waals surface area (Å²) in [6, 6.07) is 5.63. The van der Waals surface area contributed by atoms with Gasteiger partial charge >= 0.3 is 0 Å². The molecule has 0 amide bonds. The van der Waals surface area contributed by atoms with Crippen molar-refractivity contribution in [1.82, 2.24) is 0 Å². The smallest absolute Gasteiger partial charge is 0.148 e. The van der Waals surface area contributed by atoms with Crippen LogP contribution in [0.4, 0.5) is 0 Å². The van der Waals surface area contributed by atoms with Crippen molar-refractivity contribution >= 4 is 45.2 Å². The van der Waals surface area contributed by atoms with E-state index >= 15 is 0 Å². The van der Waals surface area contributed by atoms with Crippen molar-refractivity contribution in [1.29, 1.82) is 5.26 Å². The van der Waals surface area contributed by atoms with Crippen LogP contribution in [0.15, 0.2) is 12.1 Å². The van der Waals surface area contributed by atoms with Crippen LogP contribution in [0.5, 0.6) is 5.75 Å². The molecule has 0 N–H and O–H groups in total. The lowest BCUT2D eigenvalue weighted by Crippen LogP contribution is -1.98. The molecule has 70 valence electrons. The van der Waals surface area contributed by atoms with Gasteiger partial charge in [-0.3, -0.25) is 0 Å². The Balaban J connectivity index is 3.08. The van der Waals surface area contributed by atoms with Crippen LogP contribution in [0.3, 0.4) is 0 Å². The second-order valence-electron chi connectivity index (χ2n) is 2.37. The summed E-state index contributed by atoms with van der Waals surface area (Å²) < 4.78 is 7.16. The van der Waals surface area contributed by atoms with Crippen molar-refractivity contribution in [3.8, 4) is 24.2 Å². The number of nitrogens with zero attached hydrogens (tertiary/aromatic N) is 1. The summed E-state index contributed by atoms with van der Waals surface area (Å²) >= 11 is 4.25. The van der Waals surface area contributed by atoms with E-state index in [1.54, 1.807) is 12.1 Å². The van der Waals surface area contributed by atoms with Gasteiger partial charge in [0.25, 0.3) is 0 Å². The normalized spacial score (nSPS) is 8.86. The topological polar surface area (TPSA) is 33.0 Å². The van der Waals surface area contributed by atoms with Crippen molar-refractivity contribution in [2.45, 2.75) is 0 Å². The lowest BCUT2D eigenvalue weighted by molar-refractivity contribution is 0.365. The van der Waals surface area contributed by atoms with Crippen LogP contribution in [-0.4, -0.2) is 6.61 Å². The molecule has 1 aromatic carbocycles. The largest absolute Gasteiger partial charge is 0.479 e. The number of hydrogen-bond donors (Lipinski definition) is 0. The third kappa shape index (κ3) is 2.76. The minimum Gasteiger partial charge on any atom is -0.479 e. The molecule has 2 nitrogen and oxygen atoms in total. The molecular formula is C10H5I2NO. The predicted octanol–water partition coefficient (Wildman–Crippen LogP) is 2.78. The highest BCUT2D eigenvalue weighted by Gasteiger charge is 2.07. The first-order chi connectivity index (χ1) is 6.69. The zero-order valence-electron chi connectivity index (χ0n) is 7.05. The summed E-state index contributed by atoms with van der Waals surface area (Å²) in [6.07, 6.45) is 5.10. The molecule has 14 heavy (non-hydrogen) atoms. The van der Waals surface area contributed by atoms with Gasteiger partial charge < -0.3 is 4.74 Å². The average Bonchev–Trinajstić information content (AvgIpc) is 2.16. The first-order valence-corrected chi connectivity index (χ1v) is 5.80. The van der Waals surface area contributed by atoms with E-state index in [0.29, 0.717) is 5.56 Å². The zero-order valence-corrected chi connectivity index (χ0v) is 11.4. The number of ether oxygens (including phenoxy) is 1. The molecule has 0 saturated carbocycles. The van der Waals surface area contributed by atoms with Crippen LogP contribution in [0.25, 0.3) is 0 Å². The first-order valence-electron chi connectivity index (χ1n) is 3.64. The van der Waals surface area contributed by atoms with Crippen LogP contribution in [0.2, 0.25) is 0 Å². The van der Waals surface area contributed by atoms with E-state index in [9.17, 15) is 0 Å². The van der Waals surface area contributed by atoms with Gasteiger partial charge in [0.1, 0.15) is 12.4 Å². The predicted molar refractivity (Wildman–Crippen MR) is 70.9 cm³/mol. The maximum absolute atomic E-state index is 8.72. The SMILES string of the molecule is C#CCOc1c(I)cc(C#N)cc1I. The molecule has 0 saturated heterocycles. The van der Waals surface area contributed by atoms with Gasteiger partial charge in [-0.15, -0.1) is 6.42 Å². The van der Waals surface area contributed by atoms with Gasteiger partial charge in [-0.25, -0.2) is 0 Å². The maximum Gasteiger partial charge on any atom is 0.148 e. The highest BCUT2D eigenvalue weighted by molar-refractivity contribution is 14.1. The van der Waals surface area contributed by atoms with E-state index < -0.39 is 0 Å². The molecule has 0 aliphatic rings. The molecule has 0 radical (unpaired) electrons. The lowest BCUT2D eigenvalue weighted by atomic mass is 10.2. The van der Waals surface area contributed by atoms with E-state index in [0.717, 1.165) is 12.9 Å². The molecule has 0 spiro atoms. The van der Waals surface area contributed by atoms with Crippen molar-refractivity contribution in [3.05, 3.63) is 24.8 Å². The van der Waals surface area contributed by atoms with Crippen LogP contribution in [0, 0.1) is 30.8 Å². The van der Waals surface area contributed by atoms with Crippen LogP contribution >= 0.6 is 45.2 Å². The summed E-state index contributed by atoms with van der Waals surface area (Å²) in [5.41, 5.74) is 0.631. The van der Waals surface area contributed by atoms with Crippen molar-refractivity contribution < 1.29 is 4.74 Å². The second kappa shape index (κ2) is 5.42. The molecule has 4 heteroatoms. The first kappa shape index (κ1) is 11.6. The van der Waals surface area contributed by atoms with Gasteiger partial charge in [0.05, 0.1) is 18.8 Å². The Labute approximate surface area is 110 Å². The number of rotatable bonds is 2. The minimum absolute atomic E-state index is 0.248. The fraction of sp³-hybridized carbons (Fsp3) is 0.100. The molecule has 0 heterocycles. The molecule has 0 fully saturated rings. The molecule has 0 bridgehead atoms. The van der Waals surface area contributed by atoms with Crippen molar-refractivity contribution in [3.63, 3.8) is 0 Å². The van der Waals surface area contributed by atoms with Crippen molar-refractivity contribution in [2.24, 2.45) is 0 Å². The Hall–Kier alpha value is -0.470. The quantitative estimate of drug-likeness (QED) is 0.557. The second-order valence-corrected chi connectivity index (χ2v) is 4.70. The number of nitriles is 1. The monoisotopic (exact) mass is 409 g/mol. The molecule has 0 unspecified atom stereocenters. The van der Waals surface area contributed by atoms with Gasteiger partial charge in [-0.2, -0.15) is 5.26 Å². The standard InChI is InChI=1S/C10H5I2NO/c1-2-3-14-10-8(11)4-7(6-13)5-9(10)12/h1,4-5H,3H2. The van der Waals surface area contributed by atoms with Crippen LogP contribution in [0.1, 0.15) is 5.56 Å². The minimum atomic E-state index is 0.248. The number of terminal acetylenes is 1. The third-order valence-corrected chi connectivity index (χ3v) is 3.03.